The monoisotopic (exact) mass is 346 g/mol. The topological polar surface area (TPSA) is 80.9 Å². The predicted molar refractivity (Wildman–Crippen MR) is 28.9 cm³/mol. The summed E-state index contributed by atoms with van der Waals surface area (Å²) in [6, 6.07) is 0. The molecule has 0 fully saturated rings. The Balaban J connectivity index is -0.0000000800. The minimum absolute atomic E-state index is 0. The Morgan fingerprint density at radius 3 is 0.857 bits per heavy atom. The first-order valence-corrected chi connectivity index (χ1v) is 2.68. The van der Waals surface area contributed by atoms with E-state index < -0.39 is 9.05 Å². The molecule has 0 rings (SSSR count). The van der Waals surface area contributed by atoms with Crippen molar-refractivity contribution in [1.82, 2.24) is 0 Å². The molecule has 0 unspecified atom stereocenters. The van der Waals surface area contributed by atoms with Crippen LogP contribution in [-0.2, 0) is 0 Å². The van der Waals surface area contributed by atoms with Crippen LogP contribution in [0.25, 0.3) is 0 Å². The number of hydrogen-bond donors (Lipinski definition) is 4. The van der Waals surface area contributed by atoms with Crippen LogP contribution in [0.1, 0.15) is 0 Å². The Labute approximate surface area is 91.8 Å². The Morgan fingerprint density at radius 2 is 0.857 bits per heavy atom. The summed E-state index contributed by atoms with van der Waals surface area (Å²) in [7, 11) is -4.61. The summed E-state index contributed by atoms with van der Waals surface area (Å²) >= 11 is 0. The average Bonchev–Trinajstić information content (AvgIpc) is 0.722. The van der Waals surface area contributed by atoms with Crippen molar-refractivity contribution in [3.63, 3.8) is 0 Å². The molecule has 0 aliphatic rings. The molecule has 4 nitrogen and oxygen atoms in total. The molecule has 0 spiro atoms. The van der Waals surface area contributed by atoms with E-state index in [0.29, 0.717) is 0 Å². The summed E-state index contributed by atoms with van der Waals surface area (Å²) in [4.78, 5) is 29.3. The van der Waals surface area contributed by atoms with Crippen molar-refractivity contribution in [1.29, 1.82) is 0 Å². The van der Waals surface area contributed by atoms with E-state index in [1.54, 1.807) is 0 Å². The molecule has 4 N–H and O–H groups in total. The third-order valence-corrected chi connectivity index (χ3v) is 0. The summed E-state index contributed by atoms with van der Waals surface area (Å²) in [6.07, 6.45) is 0. The van der Waals surface area contributed by atoms with Gasteiger partial charge in [0.15, 0.2) is 0 Å². The Morgan fingerprint density at radius 1 is 0.857 bits per heavy atom. The van der Waals surface area contributed by atoms with E-state index >= 15 is 0 Å². The first-order chi connectivity index (χ1) is 2.00. The Bertz CT molecular complexity index is 27.2. The molecular formula is H6CaO4PbSi. The average molecular weight is 345 g/mol. The van der Waals surface area contributed by atoms with Gasteiger partial charge in [0.1, 0.15) is 0 Å². The van der Waals surface area contributed by atoms with Gasteiger partial charge in [0.05, 0.1) is 0 Å². The molecular weight excluding hydrogens is 339 g/mol. The van der Waals surface area contributed by atoms with Gasteiger partial charge in [0, 0.05) is 27.3 Å². The second-order valence-corrected chi connectivity index (χ2v) is 1.80. The van der Waals surface area contributed by atoms with E-state index in [4.69, 9.17) is 19.2 Å². The maximum absolute atomic E-state index is 7.33. The molecule has 0 saturated heterocycles. The zero-order valence-corrected chi connectivity index (χ0v) is 7.68. The molecule has 0 amide bonds. The molecule has 0 aliphatic heterocycles. The summed E-state index contributed by atoms with van der Waals surface area (Å²) in [5.74, 6) is 0. The normalized spacial score (nSPS) is 8.57. The number of rotatable bonds is 0. The molecule has 0 heterocycles. The van der Waals surface area contributed by atoms with Gasteiger partial charge in [-0.1, -0.05) is 0 Å². The van der Waals surface area contributed by atoms with Crippen molar-refractivity contribution >= 4 is 74.1 Å². The Hall–Kier alpha value is 2.24. The van der Waals surface area contributed by atoms with Crippen LogP contribution in [0.3, 0.4) is 0 Å². The largest absolute Gasteiger partial charge is 0 e. The van der Waals surface area contributed by atoms with Gasteiger partial charge in [0.25, 0.3) is 0 Å². The summed E-state index contributed by atoms with van der Waals surface area (Å²) in [6.45, 7) is 0. The quantitative estimate of drug-likeness (QED) is 0.338. The van der Waals surface area contributed by atoms with Crippen molar-refractivity contribution in [3.05, 3.63) is 0 Å². The van der Waals surface area contributed by atoms with Crippen molar-refractivity contribution in [2.45, 2.75) is 0 Å². The molecule has 7 heavy (non-hydrogen) atoms. The van der Waals surface area contributed by atoms with E-state index in [1.807, 2.05) is 0 Å². The molecule has 0 bridgehead atoms. The van der Waals surface area contributed by atoms with Crippen LogP contribution in [0, 0.1) is 0 Å². The minimum atomic E-state index is -4.61. The summed E-state index contributed by atoms with van der Waals surface area (Å²) < 4.78 is 0. The van der Waals surface area contributed by atoms with Crippen LogP contribution in [0.4, 0.5) is 0 Å². The van der Waals surface area contributed by atoms with E-state index in [9.17, 15) is 0 Å². The summed E-state index contributed by atoms with van der Waals surface area (Å²) in [5.41, 5.74) is 0. The zero-order valence-electron chi connectivity index (χ0n) is 2.79. The molecule has 7 heteroatoms. The summed E-state index contributed by atoms with van der Waals surface area (Å²) in [5, 5.41) is 0. The molecule has 4 radical (unpaired) electrons. The fraction of sp³-hybridized carbons (Fsp3) is 0. The fourth-order valence-corrected chi connectivity index (χ4v) is 0. The smallest absolute Gasteiger partial charge is 0 e. The third kappa shape index (κ3) is 64.0. The van der Waals surface area contributed by atoms with Gasteiger partial charge >= 0.3 is 46.8 Å². The van der Waals surface area contributed by atoms with Crippen molar-refractivity contribution in [3.8, 4) is 0 Å². The van der Waals surface area contributed by atoms with Crippen molar-refractivity contribution < 1.29 is 19.2 Å². The van der Waals surface area contributed by atoms with Crippen LogP contribution in [0.15, 0.2) is 0 Å². The van der Waals surface area contributed by atoms with Gasteiger partial charge in [-0.3, -0.25) is 0 Å². The fourth-order valence-electron chi connectivity index (χ4n) is 0. The van der Waals surface area contributed by atoms with E-state index in [-0.39, 0.29) is 65.0 Å². The van der Waals surface area contributed by atoms with Crippen LogP contribution in [0.2, 0.25) is 0 Å². The van der Waals surface area contributed by atoms with Crippen LogP contribution in [0.5, 0.6) is 0 Å². The zero-order chi connectivity index (χ0) is 4.50. The molecule has 0 aromatic carbocycles. The van der Waals surface area contributed by atoms with Crippen molar-refractivity contribution in [2.75, 3.05) is 0 Å². The standard InChI is InChI=1S/Ca.H4O4Si.Pb.2H/c;1-5(2,3)4;;;/h;1-4H;;;. The molecule has 0 aliphatic carbocycles. The maximum atomic E-state index is 7.33. The Kier molecular flexibility index (Phi) is 14.6. The molecule has 0 atom stereocenters. The van der Waals surface area contributed by atoms with Gasteiger partial charge in [-0.2, -0.15) is 0 Å². The van der Waals surface area contributed by atoms with Gasteiger partial charge in [-0.05, 0) is 0 Å². The van der Waals surface area contributed by atoms with E-state index in [1.165, 1.54) is 0 Å². The molecule has 0 saturated carbocycles. The van der Waals surface area contributed by atoms with E-state index in [2.05, 4.69) is 0 Å². The van der Waals surface area contributed by atoms with Gasteiger partial charge < -0.3 is 19.2 Å². The minimum Gasteiger partial charge on any atom is 0 e. The second-order valence-electron chi connectivity index (χ2n) is 0.600. The first-order valence-electron chi connectivity index (χ1n) is 0.894. The molecule has 40 valence electrons. The van der Waals surface area contributed by atoms with Gasteiger partial charge in [0.2, 0.25) is 0 Å². The predicted octanol–water partition coefficient (Wildman–Crippen LogP) is -3.91. The number of hydrogen-bond acceptors (Lipinski definition) is 4. The van der Waals surface area contributed by atoms with Crippen molar-refractivity contribution in [2.24, 2.45) is 0 Å². The molecule has 0 aromatic rings. The van der Waals surface area contributed by atoms with Crippen LogP contribution in [-0.4, -0.2) is 93.3 Å². The van der Waals surface area contributed by atoms with Crippen LogP contribution >= 0.6 is 0 Å². The molecule has 0 aromatic heterocycles. The van der Waals surface area contributed by atoms with E-state index in [0.717, 1.165) is 0 Å². The first kappa shape index (κ1) is 16.1. The van der Waals surface area contributed by atoms with Gasteiger partial charge in [-0.15, -0.1) is 0 Å². The second kappa shape index (κ2) is 6.36. The van der Waals surface area contributed by atoms with Gasteiger partial charge in [-0.25, -0.2) is 0 Å². The third-order valence-electron chi connectivity index (χ3n) is 0. The maximum Gasteiger partial charge on any atom is 0 e. The SMILES string of the molecule is O[Si](O)(O)O.[CaH2].[Pb]. The van der Waals surface area contributed by atoms with Crippen LogP contribution < -0.4 is 0 Å².